The average molecular weight is 404 g/mol. The van der Waals surface area contributed by atoms with E-state index in [2.05, 4.69) is 22.5 Å². The zero-order valence-electron chi connectivity index (χ0n) is 16.4. The van der Waals surface area contributed by atoms with Crippen molar-refractivity contribution < 1.29 is 19.2 Å². The predicted molar refractivity (Wildman–Crippen MR) is 107 cm³/mol. The molecule has 0 bridgehead atoms. The molecule has 2 aromatic rings. The monoisotopic (exact) mass is 404 g/mol. The SMILES string of the molecule is COC(=O)c1c(NC(=O)CO/N=C(/C)c2cnn(C)c2)sc2c1CCC(C)C2. The van der Waals surface area contributed by atoms with Crippen LogP contribution in [0.5, 0.6) is 0 Å². The number of hydrogen-bond donors (Lipinski definition) is 1. The number of aryl methyl sites for hydroxylation is 1. The van der Waals surface area contributed by atoms with Crippen LogP contribution in [-0.4, -0.2) is 41.1 Å². The number of fused-ring (bicyclic) bond motifs is 1. The third kappa shape index (κ3) is 4.41. The number of amides is 1. The van der Waals surface area contributed by atoms with Gasteiger partial charge in [0.15, 0.2) is 6.61 Å². The van der Waals surface area contributed by atoms with Gasteiger partial charge in [0, 0.05) is 23.7 Å². The third-order valence-electron chi connectivity index (χ3n) is 4.67. The van der Waals surface area contributed by atoms with Gasteiger partial charge in [-0.25, -0.2) is 4.79 Å². The molecule has 0 aliphatic heterocycles. The number of methoxy groups -OCH3 is 1. The summed E-state index contributed by atoms with van der Waals surface area (Å²) in [6.07, 6.45) is 6.22. The lowest BCUT2D eigenvalue weighted by atomic mass is 9.88. The largest absolute Gasteiger partial charge is 0.465 e. The van der Waals surface area contributed by atoms with Crippen LogP contribution in [0.4, 0.5) is 5.00 Å². The topological polar surface area (TPSA) is 94.8 Å². The van der Waals surface area contributed by atoms with Crippen LogP contribution in [0.3, 0.4) is 0 Å². The molecule has 1 aliphatic rings. The van der Waals surface area contributed by atoms with Gasteiger partial charge in [0.1, 0.15) is 5.00 Å². The molecule has 1 unspecified atom stereocenters. The summed E-state index contributed by atoms with van der Waals surface area (Å²) in [5.41, 5.74) is 2.90. The number of thiophene rings is 1. The minimum absolute atomic E-state index is 0.253. The highest BCUT2D eigenvalue weighted by molar-refractivity contribution is 7.17. The Labute approximate surface area is 167 Å². The molecule has 1 N–H and O–H groups in total. The number of hydrogen-bond acceptors (Lipinski definition) is 7. The average Bonchev–Trinajstić information content (AvgIpc) is 3.23. The molecular formula is C19H24N4O4S. The summed E-state index contributed by atoms with van der Waals surface area (Å²) in [6.45, 7) is 3.71. The van der Waals surface area contributed by atoms with Crippen molar-refractivity contribution in [1.82, 2.24) is 9.78 Å². The normalized spacial score (nSPS) is 16.4. The number of nitrogens with one attached hydrogen (secondary N) is 1. The molecule has 8 nitrogen and oxygen atoms in total. The van der Waals surface area contributed by atoms with Crippen LogP contribution in [-0.2, 0) is 34.3 Å². The predicted octanol–water partition coefficient (Wildman–Crippen LogP) is 2.77. The Bertz CT molecular complexity index is 915. The molecule has 0 saturated heterocycles. The molecule has 0 saturated carbocycles. The first-order chi connectivity index (χ1) is 13.4. The van der Waals surface area contributed by atoms with Crippen molar-refractivity contribution in [2.45, 2.75) is 33.1 Å². The van der Waals surface area contributed by atoms with E-state index in [1.807, 2.05) is 13.2 Å². The number of anilines is 1. The van der Waals surface area contributed by atoms with Crippen LogP contribution in [0.25, 0.3) is 0 Å². The first-order valence-electron chi connectivity index (χ1n) is 9.07. The van der Waals surface area contributed by atoms with Gasteiger partial charge in [-0.2, -0.15) is 5.10 Å². The van der Waals surface area contributed by atoms with E-state index in [1.54, 1.807) is 17.8 Å². The van der Waals surface area contributed by atoms with E-state index < -0.39 is 5.97 Å². The molecule has 0 aromatic carbocycles. The minimum atomic E-state index is -0.422. The highest BCUT2D eigenvalue weighted by Gasteiger charge is 2.28. The number of carbonyl (C=O) groups excluding carboxylic acids is 2. The van der Waals surface area contributed by atoms with Crippen LogP contribution < -0.4 is 5.32 Å². The van der Waals surface area contributed by atoms with Gasteiger partial charge in [-0.3, -0.25) is 9.48 Å². The van der Waals surface area contributed by atoms with E-state index >= 15 is 0 Å². The Morgan fingerprint density at radius 1 is 1.46 bits per heavy atom. The number of esters is 1. The van der Waals surface area contributed by atoms with Crippen LogP contribution in [0.1, 0.15) is 46.6 Å². The van der Waals surface area contributed by atoms with Gasteiger partial charge in [-0.1, -0.05) is 12.1 Å². The van der Waals surface area contributed by atoms with E-state index in [0.29, 0.717) is 22.2 Å². The molecule has 28 heavy (non-hydrogen) atoms. The lowest BCUT2D eigenvalue weighted by Gasteiger charge is -2.18. The highest BCUT2D eigenvalue weighted by Crippen LogP contribution is 2.39. The van der Waals surface area contributed by atoms with Gasteiger partial charge in [-0.15, -0.1) is 11.3 Å². The maximum atomic E-state index is 12.3. The van der Waals surface area contributed by atoms with Crippen molar-refractivity contribution in [1.29, 1.82) is 0 Å². The number of oxime groups is 1. The van der Waals surface area contributed by atoms with Gasteiger partial charge >= 0.3 is 5.97 Å². The van der Waals surface area contributed by atoms with Crippen LogP contribution in [0, 0.1) is 5.92 Å². The van der Waals surface area contributed by atoms with E-state index in [9.17, 15) is 9.59 Å². The maximum Gasteiger partial charge on any atom is 0.341 e. The molecule has 3 rings (SSSR count). The smallest absolute Gasteiger partial charge is 0.341 e. The Kier molecular flexibility index (Phi) is 6.13. The summed E-state index contributed by atoms with van der Waals surface area (Å²) >= 11 is 1.44. The molecule has 1 amide bonds. The van der Waals surface area contributed by atoms with Crippen molar-refractivity contribution >= 4 is 33.9 Å². The maximum absolute atomic E-state index is 12.3. The zero-order valence-corrected chi connectivity index (χ0v) is 17.3. The Morgan fingerprint density at radius 3 is 2.93 bits per heavy atom. The standard InChI is InChI=1S/C19H24N4O4S/c1-11-5-6-14-15(7-11)28-18(17(14)19(25)26-4)21-16(24)10-27-22-12(2)13-8-20-23(3)9-13/h8-9,11H,5-7,10H2,1-4H3,(H,21,24)/b22-12-. The van der Waals surface area contributed by atoms with Crippen molar-refractivity contribution in [2.75, 3.05) is 19.0 Å². The van der Waals surface area contributed by atoms with E-state index in [4.69, 9.17) is 9.57 Å². The number of nitrogens with zero attached hydrogens (tertiary/aromatic N) is 3. The van der Waals surface area contributed by atoms with Crippen molar-refractivity contribution in [3.63, 3.8) is 0 Å². The highest BCUT2D eigenvalue weighted by atomic mass is 32.1. The van der Waals surface area contributed by atoms with Gasteiger partial charge in [0.25, 0.3) is 5.91 Å². The quantitative estimate of drug-likeness (QED) is 0.454. The van der Waals surface area contributed by atoms with Crippen LogP contribution in [0.15, 0.2) is 17.5 Å². The summed E-state index contributed by atoms with van der Waals surface area (Å²) in [5, 5.41) is 11.3. The number of carbonyl (C=O) groups is 2. The number of ether oxygens (including phenoxy) is 1. The second kappa shape index (κ2) is 8.55. The van der Waals surface area contributed by atoms with Gasteiger partial charge in [0.05, 0.1) is 24.6 Å². The second-order valence-corrected chi connectivity index (χ2v) is 8.05. The number of rotatable bonds is 6. The summed E-state index contributed by atoms with van der Waals surface area (Å²) < 4.78 is 6.59. The summed E-state index contributed by atoms with van der Waals surface area (Å²) in [6, 6.07) is 0. The van der Waals surface area contributed by atoms with E-state index in [-0.39, 0.29) is 12.5 Å². The lowest BCUT2D eigenvalue weighted by molar-refractivity contribution is -0.120. The molecule has 2 aromatic heterocycles. The minimum Gasteiger partial charge on any atom is -0.465 e. The molecule has 9 heteroatoms. The molecular weight excluding hydrogens is 380 g/mol. The lowest BCUT2D eigenvalue weighted by Crippen LogP contribution is -2.19. The molecule has 0 spiro atoms. The molecule has 1 aliphatic carbocycles. The van der Waals surface area contributed by atoms with Crippen molar-refractivity contribution in [3.8, 4) is 0 Å². The Hall–Kier alpha value is -2.68. The Morgan fingerprint density at radius 2 is 2.25 bits per heavy atom. The summed E-state index contributed by atoms with van der Waals surface area (Å²) in [7, 11) is 3.16. The fourth-order valence-corrected chi connectivity index (χ4v) is 4.58. The first-order valence-corrected chi connectivity index (χ1v) is 9.89. The van der Waals surface area contributed by atoms with Crippen LogP contribution >= 0.6 is 11.3 Å². The fraction of sp³-hybridized carbons (Fsp3) is 0.474. The zero-order chi connectivity index (χ0) is 20.3. The molecule has 1 atom stereocenters. The molecule has 2 heterocycles. The molecule has 0 radical (unpaired) electrons. The number of aromatic nitrogens is 2. The fourth-order valence-electron chi connectivity index (χ4n) is 3.17. The first kappa shape index (κ1) is 20.1. The summed E-state index contributed by atoms with van der Waals surface area (Å²) in [4.78, 5) is 30.9. The molecule has 0 fully saturated rings. The van der Waals surface area contributed by atoms with Gasteiger partial charge in [-0.05, 0) is 37.7 Å². The van der Waals surface area contributed by atoms with Gasteiger partial charge in [0.2, 0.25) is 0 Å². The van der Waals surface area contributed by atoms with Crippen LogP contribution in [0.2, 0.25) is 0 Å². The molecule has 150 valence electrons. The summed E-state index contributed by atoms with van der Waals surface area (Å²) in [5.74, 6) is -0.235. The van der Waals surface area contributed by atoms with E-state index in [0.717, 1.165) is 35.3 Å². The van der Waals surface area contributed by atoms with Crippen molar-refractivity contribution in [2.24, 2.45) is 18.1 Å². The second-order valence-electron chi connectivity index (χ2n) is 6.95. The Balaban J connectivity index is 1.67. The third-order valence-corrected chi connectivity index (χ3v) is 5.84. The van der Waals surface area contributed by atoms with E-state index in [1.165, 1.54) is 18.4 Å². The van der Waals surface area contributed by atoms with Gasteiger partial charge < -0.3 is 14.9 Å². The van der Waals surface area contributed by atoms with Crippen molar-refractivity contribution in [3.05, 3.63) is 34.0 Å².